The molecule has 10 rings (SSSR count). The number of fused-ring (bicyclic) bond motifs is 8. The fraction of sp³-hybridized carbons (Fsp3) is 0.0385. The maximum absolute atomic E-state index is 10.9. The van der Waals surface area contributed by atoms with Crippen LogP contribution in [-0.2, 0) is 0 Å². The van der Waals surface area contributed by atoms with E-state index in [0.717, 1.165) is 112 Å². The lowest BCUT2D eigenvalue weighted by atomic mass is 9.93. The number of phenols is 1. The molecule has 8 bridgehead atoms. The fourth-order valence-corrected chi connectivity index (χ4v) is 8.25. The van der Waals surface area contributed by atoms with E-state index in [0.29, 0.717) is 5.75 Å². The molecule has 0 saturated heterocycles. The summed E-state index contributed by atoms with van der Waals surface area (Å²) in [5.74, 6) is 0.306. The molecule has 0 unspecified atom stereocenters. The van der Waals surface area contributed by atoms with Crippen molar-refractivity contribution in [1.82, 2.24) is 19.9 Å². The Balaban J connectivity index is 1.44. The Morgan fingerprint density at radius 1 is 0.404 bits per heavy atom. The van der Waals surface area contributed by atoms with E-state index in [9.17, 15) is 5.11 Å². The van der Waals surface area contributed by atoms with Crippen LogP contribution in [0.15, 0.2) is 158 Å². The first-order valence-electron chi connectivity index (χ1n) is 19.2. The molecule has 2 aliphatic rings. The molecule has 0 saturated carbocycles. The van der Waals surface area contributed by atoms with Crippen molar-refractivity contribution < 1.29 is 5.11 Å². The third kappa shape index (κ3) is 6.06. The van der Waals surface area contributed by atoms with E-state index in [1.165, 1.54) is 0 Å². The van der Waals surface area contributed by atoms with E-state index in [-0.39, 0.29) is 0 Å². The van der Waals surface area contributed by atoms with E-state index in [2.05, 4.69) is 162 Å². The summed E-state index contributed by atoms with van der Waals surface area (Å²) in [6.45, 7) is 3.91. The zero-order valence-electron chi connectivity index (χ0n) is 31.6. The Hall–Kier alpha value is -7.50. The van der Waals surface area contributed by atoms with Crippen LogP contribution in [0.2, 0.25) is 0 Å². The zero-order valence-corrected chi connectivity index (χ0v) is 31.6. The minimum Gasteiger partial charge on any atom is -0.507 e. The first-order chi connectivity index (χ1) is 28.0. The fourth-order valence-electron chi connectivity index (χ4n) is 8.25. The van der Waals surface area contributed by atoms with Gasteiger partial charge in [0, 0.05) is 49.9 Å². The molecule has 5 nitrogen and oxygen atoms in total. The normalized spacial score (nSPS) is 12.1. The minimum absolute atomic E-state index is 0.306. The number of nitrogens with zero attached hydrogens (tertiary/aromatic N) is 2. The topological polar surface area (TPSA) is 77.6 Å². The highest BCUT2D eigenvalue weighted by molar-refractivity contribution is 6.05. The van der Waals surface area contributed by atoms with Crippen molar-refractivity contribution in [3.63, 3.8) is 0 Å². The number of aryl methyl sites for hydroxylation is 2. The second-order valence-corrected chi connectivity index (χ2v) is 14.6. The summed E-state index contributed by atoms with van der Waals surface area (Å²) >= 11 is 0. The average molecular weight is 735 g/mol. The van der Waals surface area contributed by atoms with Crippen LogP contribution in [0.1, 0.15) is 39.5 Å². The highest BCUT2D eigenvalue weighted by atomic mass is 16.3. The van der Waals surface area contributed by atoms with Crippen molar-refractivity contribution in [3.05, 3.63) is 197 Å². The molecule has 5 heteroatoms. The largest absolute Gasteiger partial charge is 0.507 e. The van der Waals surface area contributed by atoms with Gasteiger partial charge in [-0.15, -0.1) is 0 Å². The van der Waals surface area contributed by atoms with Crippen LogP contribution in [0.25, 0.3) is 90.4 Å². The van der Waals surface area contributed by atoms with Crippen molar-refractivity contribution >= 4 is 45.9 Å². The van der Waals surface area contributed by atoms with Crippen LogP contribution < -0.4 is 0 Å². The predicted octanol–water partition coefficient (Wildman–Crippen LogP) is 13.1. The van der Waals surface area contributed by atoms with E-state index in [1.807, 2.05) is 38.1 Å². The molecule has 0 radical (unpaired) electrons. The predicted molar refractivity (Wildman–Crippen MR) is 236 cm³/mol. The van der Waals surface area contributed by atoms with Gasteiger partial charge in [-0.2, -0.15) is 0 Å². The number of benzene rings is 5. The van der Waals surface area contributed by atoms with Gasteiger partial charge in [-0.05, 0) is 107 Å². The molecule has 0 amide bonds. The summed E-state index contributed by atoms with van der Waals surface area (Å²) in [7, 11) is 0. The molecule has 0 atom stereocenters. The smallest absolute Gasteiger partial charge is 0.121 e. The van der Waals surface area contributed by atoms with Gasteiger partial charge in [0.25, 0.3) is 0 Å². The van der Waals surface area contributed by atoms with Gasteiger partial charge in [0.15, 0.2) is 0 Å². The number of H-pyrrole nitrogens is 2. The van der Waals surface area contributed by atoms with Gasteiger partial charge >= 0.3 is 0 Å². The van der Waals surface area contributed by atoms with Gasteiger partial charge in [-0.25, -0.2) is 9.97 Å². The molecule has 3 aromatic heterocycles. The van der Waals surface area contributed by atoms with Gasteiger partial charge in [0.2, 0.25) is 0 Å². The van der Waals surface area contributed by atoms with Crippen LogP contribution in [0.4, 0.5) is 0 Å². The molecule has 57 heavy (non-hydrogen) atoms. The van der Waals surface area contributed by atoms with Crippen LogP contribution in [0.3, 0.4) is 0 Å². The molecule has 272 valence electrons. The second-order valence-electron chi connectivity index (χ2n) is 14.6. The molecule has 0 spiro atoms. The van der Waals surface area contributed by atoms with Gasteiger partial charge in [0.05, 0.1) is 22.8 Å². The number of aromatic hydroxyl groups is 1. The van der Waals surface area contributed by atoms with Crippen molar-refractivity contribution in [3.8, 4) is 50.3 Å². The number of rotatable bonds is 5. The summed E-state index contributed by atoms with van der Waals surface area (Å²) in [5.41, 5.74) is 19.0. The summed E-state index contributed by atoms with van der Waals surface area (Å²) in [6.07, 6.45) is 6.47. The molecule has 0 fully saturated rings. The number of phenolic OH excluding ortho intramolecular Hbond substituents is 1. The van der Waals surface area contributed by atoms with Crippen molar-refractivity contribution in [1.29, 1.82) is 0 Å². The molecular formula is C52H38N4O. The molecule has 3 N–H and O–H groups in total. The van der Waals surface area contributed by atoms with Gasteiger partial charge in [-0.1, -0.05) is 121 Å². The Bertz CT molecular complexity index is 3040. The highest BCUT2D eigenvalue weighted by Crippen LogP contribution is 2.43. The van der Waals surface area contributed by atoms with Gasteiger partial charge in [-0.3, -0.25) is 0 Å². The number of hydrogen-bond donors (Lipinski definition) is 3. The summed E-state index contributed by atoms with van der Waals surface area (Å²) in [6, 6.07) is 54.7. The van der Waals surface area contributed by atoms with Gasteiger partial charge in [0.1, 0.15) is 5.75 Å². The van der Waals surface area contributed by atoms with Crippen molar-refractivity contribution in [2.24, 2.45) is 0 Å². The summed E-state index contributed by atoms with van der Waals surface area (Å²) in [5, 5.41) is 10.9. The minimum atomic E-state index is 0.306. The number of nitrogens with one attached hydrogen (secondary N) is 2. The third-order valence-electron chi connectivity index (χ3n) is 10.9. The zero-order chi connectivity index (χ0) is 38.5. The van der Waals surface area contributed by atoms with Crippen LogP contribution >= 0.6 is 0 Å². The molecular weight excluding hydrogens is 697 g/mol. The second kappa shape index (κ2) is 14.0. The lowest BCUT2D eigenvalue weighted by Gasteiger charge is -2.12. The lowest BCUT2D eigenvalue weighted by molar-refractivity contribution is 0.467. The Morgan fingerprint density at radius 3 is 1.19 bits per heavy atom. The van der Waals surface area contributed by atoms with Crippen LogP contribution in [0, 0.1) is 13.8 Å². The monoisotopic (exact) mass is 734 g/mol. The first kappa shape index (κ1) is 34.0. The van der Waals surface area contributed by atoms with E-state index in [4.69, 9.17) is 9.97 Å². The molecule has 8 aromatic rings. The number of aromatic nitrogens is 4. The quantitative estimate of drug-likeness (QED) is 0.165. The maximum atomic E-state index is 10.9. The standard InChI is InChI=1S/C52H38N4O/c1-32-29-38(30-33(2)52(32)57)39-31-46-49(36-19-11-5-12-20-36)44-26-25-42(54-44)47(34-15-7-3-8-16-34)40-23-24-41(53-40)48(35-17-9-4-10-18-35)43-27-28-45(55-43)50(51(39)56-46)37-21-13-6-14-22-37/h3-31,54-55,57H,1-2H3. The molecule has 5 heterocycles. The first-order valence-corrected chi connectivity index (χ1v) is 19.2. The van der Waals surface area contributed by atoms with E-state index >= 15 is 0 Å². The van der Waals surface area contributed by atoms with Crippen molar-refractivity contribution in [2.75, 3.05) is 0 Å². The summed E-state index contributed by atoms with van der Waals surface area (Å²) in [4.78, 5) is 18.8. The maximum Gasteiger partial charge on any atom is 0.121 e. The van der Waals surface area contributed by atoms with Gasteiger partial charge < -0.3 is 15.1 Å². The van der Waals surface area contributed by atoms with Crippen molar-refractivity contribution in [2.45, 2.75) is 13.8 Å². The average Bonchev–Trinajstić information content (AvgIpc) is 4.09. The Labute approximate surface area is 331 Å². The number of hydrogen-bond acceptors (Lipinski definition) is 3. The third-order valence-corrected chi connectivity index (χ3v) is 10.9. The van der Waals surface area contributed by atoms with Crippen LogP contribution in [0.5, 0.6) is 5.75 Å². The van der Waals surface area contributed by atoms with E-state index in [1.54, 1.807) is 0 Å². The highest BCUT2D eigenvalue weighted by Gasteiger charge is 2.24. The Kier molecular flexibility index (Phi) is 8.34. The SMILES string of the molecule is Cc1cc(C2=Cc3nc2c(-c2ccccc2)c2ccc([nH]2)c(-c2ccccc2)c2nc(c(-c4ccccc4)c4ccc([nH]4)c3-c3ccccc3)C=C2)cc(C)c1O. The van der Waals surface area contributed by atoms with E-state index < -0.39 is 0 Å². The molecule has 2 aliphatic heterocycles. The molecule has 0 aliphatic carbocycles. The molecule has 5 aromatic carbocycles. The summed E-state index contributed by atoms with van der Waals surface area (Å²) < 4.78 is 0. The number of aromatic amines is 2. The van der Waals surface area contributed by atoms with Crippen LogP contribution in [-0.4, -0.2) is 25.0 Å². The lowest BCUT2D eigenvalue weighted by Crippen LogP contribution is -1.94. The Morgan fingerprint density at radius 2 is 0.772 bits per heavy atom.